The monoisotopic (exact) mass is 286 g/mol. The molecule has 1 aromatic carbocycles. The van der Waals surface area contributed by atoms with E-state index < -0.39 is 30.0 Å². The van der Waals surface area contributed by atoms with Crippen LogP contribution < -0.4 is 5.73 Å². The fourth-order valence-electron chi connectivity index (χ4n) is 2.35. The van der Waals surface area contributed by atoms with E-state index in [-0.39, 0.29) is 18.5 Å². The Morgan fingerprint density at radius 2 is 1.90 bits per heavy atom. The SMILES string of the molecule is NC(=O)C1CC(=O)N(C(c2ccccc2)C(F)(F)F)C1. The van der Waals surface area contributed by atoms with Crippen LogP contribution in [0.4, 0.5) is 13.2 Å². The highest BCUT2D eigenvalue weighted by atomic mass is 19.4. The topological polar surface area (TPSA) is 63.4 Å². The van der Waals surface area contributed by atoms with E-state index >= 15 is 0 Å². The molecule has 2 rings (SSSR count). The van der Waals surface area contributed by atoms with Crippen molar-refractivity contribution in [2.75, 3.05) is 6.54 Å². The average molecular weight is 286 g/mol. The van der Waals surface area contributed by atoms with Crippen molar-refractivity contribution in [1.82, 2.24) is 4.90 Å². The molecule has 2 amide bonds. The summed E-state index contributed by atoms with van der Waals surface area (Å²) in [6, 6.07) is 5.11. The lowest BCUT2D eigenvalue weighted by Gasteiger charge is -2.30. The summed E-state index contributed by atoms with van der Waals surface area (Å²) in [4.78, 5) is 23.5. The normalized spacial score (nSPS) is 21.1. The van der Waals surface area contributed by atoms with Crippen LogP contribution in [-0.4, -0.2) is 29.4 Å². The molecule has 1 saturated heterocycles. The zero-order chi connectivity index (χ0) is 14.9. The van der Waals surface area contributed by atoms with Crippen molar-refractivity contribution >= 4 is 11.8 Å². The van der Waals surface area contributed by atoms with Gasteiger partial charge in [0, 0.05) is 13.0 Å². The third-order valence-corrected chi connectivity index (χ3v) is 3.30. The van der Waals surface area contributed by atoms with E-state index in [1.165, 1.54) is 24.3 Å². The molecule has 0 bridgehead atoms. The third-order valence-electron chi connectivity index (χ3n) is 3.30. The molecule has 0 aliphatic carbocycles. The maximum absolute atomic E-state index is 13.2. The van der Waals surface area contributed by atoms with Gasteiger partial charge in [-0.2, -0.15) is 13.2 Å². The van der Waals surface area contributed by atoms with Crippen molar-refractivity contribution in [1.29, 1.82) is 0 Å². The molecule has 1 aliphatic rings. The molecule has 4 nitrogen and oxygen atoms in total. The van der Waals surface area contributed by atoms with Gasteiger partial charge in [-0.1, -0.05) is 30.3 Å². The number of hydrogen-bond donors (Lipinski definition) is 1. The smallest absolute Gasteiger partial charge is 0.369 e. The van der Waals surface area contributed by atoms with Crippen LogP contribution in [0.5, 0.6) is 0 Å². The summed E-state index contributed by atoms with van der Waals surface area (Å²) in [7, 11) is 0. The lowest BCUT2D eigenvalue weighted by molar-refractivity contribution is -0.189. The second-order valence-corrected chi connectivity index (χ2v) is 4.70. The molecule has 2 unspecified atom stereocenters. The first-order chi connectivity index (χ1) is 9.30. The highest BCUT2D eigenvalue weighted by Crippen LogP contribution is 2.40. The highest BCUT2D eigenvalue weighted by molar-refractivity contribution is 5.88. The molecule has 7 heteroatoms. The van der Waals surface area contributed by atoms with Crippen LogP contribution in [0.15, 0.2) is 30.3 Å². The van der Waals surface area contributed by atoms with Gasteiger partial charge < -0.3 is 10.6 Å². The molecule has 108 valence electrons. The molecule has 0 spiro atoms. The zero-order valence-electron chi connectivity index (χ0n) is 10.4. The number of amides is 2. The van der Waals surface area contributed by atoms with Crippen LogP contribution in [0, 0.1) is 5.92 Å². The Hall–Kier alpha value is -2.05. The maximum Gasteiger partial charge on any atom is 0.413 e. The fraction of sp³-hybridized carbons (Fsp3) is 0.385. The first-order valence-corrected chi connectivity index (χ1v) is 6.01. The van der Waals surface area contributed by atoms with Crippen LogP contribution in [0.3, 0.4) is 0 Å². The van der Waals surface area contributed by atoms with Crippen LogP contribution in [0.1, 0.15) is 18.0 Å². The van der Waals surface area contributed by atoms with Crippen molar-refractivity contribution in [2.45, 2.75) is 18.6 Å². The van der Waals surface area contributed by atoms with Gasteiger partial charge in [-0.25, -0.2) is 0 Å². The number of rotatable bonds is 3. The van der Waals surface area contributed by atoms with E-state index in [1.807, 2.05) is 0 Å². The Morgan fingerprint density at radius 1 is 1.30 bits per heavy atom. The Morgan fingerprint density at radius 3 is 2.35 bits per heavy atom. The number of primary amides is 1. The lowest BCUT2D eigenvalue weighted by Crippen LogP contribution is -2.40. The molecule has 2 atom stereocenters. The van der Waals surface area contributed by atoms with Crippen molar-refractivity contribution in [3.63, 3.8) is 0 Å². The number of likely N-dealkylation sites (tertiary alicyclic amines) is 1. The summed E-state index contributed by atoms with van der Waals surface area (Å²) in [6.07, 6.45) is -4.88. The maximum atomic E-state index is 13.2. The number of nitrogens with two attached hydrogens (primary N) is 1. The van der Waals surface area contributed by atoms with E-state index in [1.54, 1.807) is 6.07 Å². The van der Waals surface area contributed by atoms with E-state index in [9.17, 15) is 22.8 Å². The molecule has 1 heterocycles. The summed E-state index contributed by atoms with van der Waals surface area (Å²) in [5, 5.41) is 0. The predicted molar refractivity (Wildman–Crippen MR) is 64.3 cm³/mol. The van der Waals surface area contributed by atoms with Gasteiger partial charge >= 0.3 is 6.18 Å². The van der Waals surface area contributed by atoms with Gasteiger partial charge in [0.1, 0.15) is 0 Å². The molecule has 1 aliphatic heterocycles. The first kappa shape index (κ1) is 14.4. The molecule has 0 aromatic heterocycles. The first-order valence-electron chi connectivity index (χ1n) is 6.01. The molecule has 20 heavy (non-hydrogen) atoms. The van der Waals surface area contributed by atoms with Crippen molar-refractivity contribution in [3.8, 4) is 0 Å². The predicted octanol–water partition coefficient (Wildman–Crippen LogP) is 1.62. The van der Waals surface area contributed by atoms with Gasteiger partial charge in [0.2, 0.25) is 11.8 Å². The molecule has 1 fully saturated rings. The van der Waals surface area contributed by atoms with E-state index in [4.69, 9.17) is 5.73 Å². The van der Waals surface area contributed by atoms with Crippen LogP contribution in [0.2, 0.25) is 0 Å². The summed E-state index contributed by atoms with van der Waals surface area (Å²) >= 11 is 0. The molecule has 0 saturated carbocycles. The van der Waals surface area contributed by atoms with Crippen LogP contribution >= 0.6 is 0 Å². The third kappa shape index (κ3) is 2.76. The minimum Gasteiger partial charge on any atom is -0.369 e. The Balaban J connectivity index is 2.34. The molecule has 0 radical (unpaired) electrons. The molecule has 1 aromatic rings. The van der Waals surface area contributed by atoms with Crippen LogP contribution in [-0.2, 0) is 9.59 Å². The fourth-order valence-corrected chi connectivity index (χ4v) is 2.35. The quantitative estimate of drug-likeness (QED) is 0.917. The second-order valence-electron chi connectivity index (χ2n) is 4.70. The van der Waals surface area contributed by atoms with E-state index in [0.29, 0.717) is 4.90 Å². The number of carbonyl (C=O) groups excluding carboxylic acids is 2. The Bertz CT molecular complexity index is 516. The van der Waals surface area contributed by atoms with Crippen molar-refractivity contribution in [3.05, 3.63) is 35.9 Å². The van der Waals surface area contributed by atoms with Crippen molar-refractivity contribution in [2.24, 2.45) is 11.7 Å². The number of carbonyl (C=O) groups is 2. The highest BCUT2D eigenvalue weighted by Gasteiger charge is 2.49. The Labute approximate surface area is 113 Å². The standard InChI is InChI=1S/C13H13F3N2O2/c14-13(15,16)11(8-4-2-1-3-5-8)18-7-9(12(17)20)6-10(18)19/h1-5,9,11H,6-7H2,(H2,17,20). The summed E-state index contributed by atoms with van der Waals surface area (Å²) in [6.45, 7) is -0.298. The van der Waals surface area contributed by atoms with Crippen molar-refractivity contribution < 1.29 is 22.8 Å². The van der Waals surface area contributed by atoms with Crippen LogP contribution in [0.25, 0.3) is 0 Å². The summed E-state index contributed by atoms with van der Waals surface area (Å²) in [5.41, 5.74) is 5.04. The van der Waals surface area contributed by atoms with E-state index in [0.717, 1.165) is 0 Å². The average Bonchev–Trinajstić information content (AvgIpc) is 2.72. The minimum atomic E-state index is -4.61. The number of benzene rings is 1. The largest absolute Gasteiger partial charge is 0.413 e. The van der Waals surface area contributed by atoms with Gasteiger partial charge in [0.25, 0.3) is 0 Å². The molecular formula is C13H13F3N2O2. The lowest BCUT2D eigenvalue weighted by atomic mass is 10.0. The number of alkyl halides is 3. The zero-order valence-corrected chi connectivity index (χ0v) is 10.4. The second kappa shape index (κ2) is 5.15. The Kier molecular flexibility index (Phi) is 3.69. The summed E-state index contributed by atoms with van der Waals surface area (Å²) < 4.78 is 39.7. The summed E-state index contributed by atoms with van der Waals surface area (Å²) in [5.74, 6) is -2.33. The van der Waals surface area contributed by atoms with Gasteiger partial charge in [0.15, 0.2) is 6.04 Å². The van der Waals surface area contributed by atoms with Gasteiger partial charge in [-0.15, -0.1) is 0 Å². The number of nitrogens with zero attached hydrogens (tertiary/aromatic N) is 1. The van der Waals surface area contributed by atoms with Gasteiger partial charge in [-0.05, 0) is 5.56 Å². The van der Waals surface area contributed by atoms with Gasteiger partial charge in [-0.3, -0.25) is 9.59 Å². The minimum absolute atomic E-state index is 0.0292. The van der Waals surface area contributed by atoms with Gasteiger partial charge in [0.05, 0.1) is 5.92 Å². The molecule has 2 N–H and O–H groups in total. The molecular weight excluding hydrogens is 273 g/mol. The van der Waals surface area contributed by atoms with E-state index in [2.05, 4.69) is 0 Å². The number of halogens is 3. The number of hydrogen-bond acceptors (Lipinski definition) is 2.